The third kappa shape index (κ3) is 3.20. The van der Waals surface area contributed by atoms with Crippen molar-refractivity contribution in [1.82, 2.24) is 4.90 Å². The highest BCUT2D eigenvalue weighted by Crippen LogP contribution is 2.13. The number of hydrogen-bond acceptors (Lipinski definition) is 2. The van der Waals surface area contributed by atoms with Gasteiger partial charge in [0, 0.05) is 24.8 Å². The van der Waals surface area contributed by atoms with Crippen LogP contribution in [0.3, 0.4) is 0 Å². The largest absolute Gasteiger partial charge is 0.328 e. The zero-order valence-electron chi connectivity index (χ0n) is 10.1. The summed E-state index contributed by atoms with van der Waals surface area (Å²) in [6.45, 7) is 3.51. The maximum Gasteiger partial charge on any atom is 0.321 e. The Balaban J connectivity index is 1.93. The Morgan fingerprint density at radius 1 is 1.41 bits per heavy atom. The summed E-state index contributed by atoms with van der Waals surface area (Å²) in [7, 11) is 0. The highest BCUT2D eigenvalue weighted by Gasteiger charge is 2.20. The van der Waals surface area contributed by atoms with Crippen LogP contribution in [0, 0.1) is 6.92 Å². The zero-order chi connectivity index (χ0) is 12.3. The van der Waals surface area contributed by atoms with Gasteiger partial charge in [-0.15, -0.1) is 0 Å². The Morgan fingerprint density at radius 2 is 2.12 bits per heavy atom. The van der Waals surface area contributed by atoms with Gasteiger partial charge in [0.25, 0.3) is 0 Å². The van der Waals surface area contributed by atoms with Crippen LogP contribution in [0.4, 0.5) is 10.5 Å². The maximum atomic E-state index is 12.0. The average Bonchev–Trinajstić information content (AvgIpc) is 2.29. The molecule has 0 bridgehead atoms. The van der Waals surface area contributed by atoms with Crippen LogP contribution in [0.15, 0.2) is 24.3 Å². The molecule has 0 unspecified atom stereocenters. The minimum Gasteiger partial charge on any atom is -0.328 e. The molecular weight excluding hydrogens is 214 g/mol. The first-order chi connectivity index (χ1) is 8.15. The van der Waals surface area contributed by atoms with Gasteiger partial charge in [-0.25, -0.2) is 4.79 Å². The lowest BCUT2D eigenvalue weighted by Gasteiger charge is -2.30. The first-order valence-corrected chi connectivity index (χ1v) is 6.03. The molecule has 1 fully saturated rings. The number of hydrogen-bond donors (Lipinski definition) is 2. The van der Waals surface area contributed by atoms with Crippen molar-refractivity contribution >= 4 is 11.7 Å². The molecule has 0 saturated carbocycles. The summed E-state index contributed by atoms with van der Waals surface area (Å²) >= 11 is 0. The molecule has 4 nitrogen and oxygen atoms in total. The van der Waals surface area contributed by atoms with Gasteiger partial charge >= 0.3 is 6.03 Å². The van der Waals surface area contributed by atoms with Crippen molar-refractivity contribution in [3.8, 4) is 0 Å². The molecule has 1 aromatic rings. The van der Waals surface area contributed by atoms with E-state index in [0.29, 0.717) is 0 Å². The van der Waals surface area contributed by atoms with E-state index in [4.69, 9.17) is 5.73 Å². The number of nitrogens with two attached hydrogens (primary N) is 1. The van der Waals surface area contributed by atoms with Crippen LogP contribution in [-0.2, 0) is 0 Å². The molecule has 1 saturated heterocycles. The molecule has 0 spiro atoms. The fourth-order valence-electron chi connectivity index (χ4n) is 2.03. The standard InChI is InChI=1S/C13H19N3O/c1-10-3-2-4-12(9-10)15-13(17)16-7-5-11(14)6-8-16/h2-4,9,11H,5-8,14H2,1H3,(H,15,17). The van der Waals surface area contributed by atoms with E-state index in [0.717, 1.165) is 37.2 Å². The van der Waals surface area contributed by atoms with Crippen LogP contribution in [-0.4, -0.2) is 30.1 Å². The second-order valence-electron chi connectivity index (χ2n) is 4.62. The molecule has 0 atom stereocenters. The van der Waals surface area contributed by atoms with Crippen molar-refractivity contribution < 1.29 is 4.79 Å². The Kier molecular flexibility index (Phi) is 3.64. The van der Waals surface area contributed by atoms with E-state index in [9.17, 15) is 4.79 Å². The van der Waals surface area contributed by atoms with E-state index in [1.54, 1.807) is 0 Å². The van der Waals surface area contributed by atoms with Gasteiger partial charge in [-0.3, -0.25) is 0 Å². The lowest BCUT2D eigenvalue weighted by Crippen LogP contribution is -2.44. The highest BCUT2D eigenvalue weighted by molar-refractivity contribution is 5.89. The fraction of sp³-hybridized carbons (Fsp3) is 0.462. The number of carbonyl (C=O) groups excluding carboxylic acids is 1. The molecule has 1 aliphatic heterocycles. The Hall–Kier alpha value is -1.55. The summed E-state index contributed by atoms with van der Waals surface area (Å²) in [6.07, 6.45) is 1.78. The van der Waals surface area contributed by atoms with Gasteiger partial charge in [-0.05, 0) is 37.5 Å². The van der Waals surface area contributed by atoms with Gasteiger partial charge in [0.1, 0.15) is 0 Å². The summed E-state index contributed by atoms with van der Waals surface area (Å²) < 4.78 is 0. The minimum absolute atomic E-state index is 0.0255. The van der Waals surface area contributed by atoms with Crippen LogP contribution in [0.1, 0.15) is 18.4 Å². The SMILES string of the molecule is Cc1cccc(NC(=O)N2CCC(N)CC2)c1. The lowest BCUT2D eigenvalue weighted by atomic mass is 10.1. The number of benzene rings is 1. The number of rotatable bonds is 1. The molecule has 2 rings (SSSR count). The van der Waals surface area contributed by atoms with Crippen molar-refractivity contribution in [3.05, 3.63) is 29.8 Å². The molecule has 1 aliphatic rings. The van der Waals surface area contributed by atoms with E-state index in [-0.39, 0.29) is 12.1 Å². The average molecular weight is 233 g/mol. The van der Waals surface area contributed by atoms with Crippen molar-refractivity contribution in [2.45, 2.75) is 25.8 Å². The molecule has 17 heavy (non-hydrogen) atoms. The normalized spacial score (nSPS) is 16.9. The quantitative estimate of drug-likeness (QED) is 0.779. The lowest BCUT2D eigenvalue weighted by molar-refractivity contribution is 0.195. The molecule has 0 aliphatic carbocycles. The number of aryl methyl sites for hydroxylation is 1. The van der Waals surface area contributed by atoms with Gasteiger partial charge in [0.2, 0.25) is 0 Å². The van der Waals surface area contributed by atoms with E-state index in [2.05, 4.69) is 5.32 Å². The third-order valence-electron chi connectivity index (χ3n) is 3.10. The van der Waals surface area contributed by atoms with Crippen molar-refractivity contribution in [1.29, 1.82) is 0 Å². The minimum atomic E-state index is -0.0255. The predicted octanol–water partition coefficient (Wildman–Crippen LogP) is 1.95. The Bertz CT molecular complexity index is 397. The van der Waals surface area contributed by atoms with Crippen LogP contribution in [0.25, 0.3) is 0 Å². The second-order valence-corrected chi connectivity index (χ2v) is 4.62. The summed E-state index contributed by atoms with van der Waals surface area (Å²) in [4.78, 5) is 13.8. The monoisotopic (exact) mass is 233 g/mol. The zero-order valence-corrected chi connectivity index (χ0v) is 10.1. The number of nitrogens with one attached hydrogen (secondary N) is 1. The third-order valence-corrected chi connectivity index (χ3v) is 3.10. The second kappa shape index (κ2) is 5.19. The smallest absolute Gasteiger partial charge is 0.321 e. The summed E-state index contributed by atoms with van der Waals surface area (Å²) in [5.74, 6) is 0. The van der Waals surface area contributed by atoms with E-state index in [1.165, 1.54) is 0 Å². The molecule has 4 heteroatoms. The van der Waals surface area contributed by atoms with Gasteiger partial charge in [-0.2, -0.15) is 0 Å². The molecule has 2 amide bonds. The van der Waals surface area contributed by atoms with E-state index in [1.807, 2.05) is 36.1 Å². The number of anilines is 1. The molecule has 3 N–H and O–H groups in total. The number of amides is 2. The summed E-state index contributed by atoms with van der Waals surface area (Å²) in [6, 6.07) is 8.04. The molecule has 1 heterocycles. The van der Waals surface area contributed by atoms with Gasteiger partial charge in [0.05, 0.1) is 0 Å². The summed E-state index contributed by atoms with van der Waals surface area (Å²) in [5, 5.41) is 2.91. The molecule has 0 radical (unpaired) electrons. The predicted molar refractivity (Wildman–Crippen MR) is 69.0 cm³/mol. The fourth-order valence-corrected chi connectivity index (χ4v) is 2.03. The number of nitrogens with zero attached hydrogens (tertiary/aromatic N) is 1. The van der Waals surface area contributed by atoms with Crippen molar-refractivity contribution in [2.75, 3.05) is 18.4 Å². The molecule has 1 aromatic carbocycles. The number of carbonyl (C=O) groups is 1. The summed E-state index contributed by atoms with van der Waals surface area (Å²) in [5.41, 5.74) is 7.80. The van der Waals surface area contributed by atoms with Crippen molar-refractivity contribution in [2.24, 2.45) is 5.73 Å². The Morgan fingerprint density at radius 3 is 2.76 bits per heavy atom. The first kappa shape index (κ1) is 11.9. The number of urea groups is 1. The number of piperidine rings is 1. The molecule has 92 valence electrons. The van der Waals surface area contributed by atoms with Crippen LogP contribution >= 0.6 is 0 Å². The van der Waals surface area contributed by atoms with Gasteiger partial charge < -0.3 is 16.0 Å². The molecule has 0 aromatic heterocycles. The van der Waals surface area contributed by atoms with Crippen LogP contribution < -0.4 is 11.1 Å². The first-order valence-electron chi connectivity index (χ1n) is 6.03. The van der Waals surface area contributed by atoms with Gasteiger partial charge in [-0.1, -0.05) is 12.1 Å². The Labute approximate surface area is 102 Å². The van der Waals surface area contributed by atoms with E-state index < -0.39 is 0 Å². The molecular formula is C13H19N3O. The van der Waals surface area contributed by atoms with Crippen molar-refractivity contribution in [3.63, 3.8) is 0 Å². The highest BCUT2D eigenvalue weighted by atomic mass is 16.2. The van der Waals surface area contributed by atoms with Crippen LogP contribution in [0.2, 0.25) is 0 Å². The maximum absolute atomic E-state index is 12.0. The topological polar surface area (TPSA) is 58.4 Å². The van der Waals surface area contributed by atoms with E-state index >= 15 is 0 Å². The van der Waals surface area contributed by atoms with Gasteiger partial charge in [0.15, 0.2) is 0 Å². The van der Waals surface area contributed by atoms with Crippen LogP contribution in [0.5, 0.6) is 0 Å². The number of likely N-dealkylation sites (tertiary alicyclic amines) is 1.